The van der Waals surface area contributed by atoms with Crippen molar-refractivity contribution in [3.05, 3.63) is 76.2 Å². The van der Waals surface area contributed by atoms with Gasteiger partial charge < -0.3 is 14.6 Å². The third kappa shape index (κ3) is 4.63. The summed E-state index contributed by atoms with van der Waals surface area (Å²) < 4.78 is 10.7. The molecule has 1 N–H and O–H groups in total. The van der Waals surface area contributed by atoms with E-state index < -0.39 is 0 Å². The van der Waals surface area contributed by atoms with Gasteiger partial charge in [-0.25, -0.2) is 0 Å². The van der Waals surface area contributed by atoms with Crippen LogP contribution >= 0.6 is 11.3 Å². The molecule has 0 aliphatic carbocycles. The number of carbonyl (C=O) groups is 1. The molecular formula is C25H23N3O3S. The van der Waals surface area contributed by atoms with Crippen LogP contribution < -0.4 is 10.1 Å². The van der Waals surface area contributed by atoms with Crippen molar-refractivity contribution >= 4 is 28.3 Å². The first-order valence-corrected chi connectivity index (χ1v) is 10.9. The molecule has 0 spiro atoms. The molecule has 162 valence electrons. The molecule has 0 fully saturated rings. The minimum Gasteiger partial charge on any atom is -0.497 e. The van der Waals surface area contributed by atoms with E-state index in [0.717, 1.165) is 38.4 Å². The van der Waals surface area contributed by atoms with Crippen LogP contribution in [0, 0.1) is 20.8 Å². The van der Waals surface area contributed by atoms with Crippen molar-refractivity contribution in [2.24, 2.45) is 0 Å². The Bertz CT molecular complexity index is 1270. The van der Waals surface area contributed by atoms with Crippen LogP contribution in [0.15, 0.2) is 59.1 Å². The number of nitrogens with zero attached hydrogens (tertiary/aromatic N) is 2. The van der Waals surface area contributed by atoms with Crippen molar-refractivity contribution in [2.75, 3.05) is 12.4 Å². The molecule has 6 nitrogen and oxygen atoms in total. The summed E-state index contributed by atoms with van der Waals surface area (Å²) in [6.07, 6.45) is 3.26. The van der Waals surface area contributed by atoms with Crippen LogP contribution in [0.2, 0.25) is 0 Å². The first kappa shape index (κ1) is 21.5. The number of ether oxygens (including phenoxy) is 1. The van der Waals surface area contributed by atoms with Gasteiger partial charge in [-0.2, -0.15) is 4.98 Å². The fourth-order valence-electron chi connectivity index (χ4n) is 3.16. The van der Waals surface area contributed by atoms with Gasteiger partial charge in [-0.1, -0.05) is 47.1 Å². The van der Waals surface area contributed by atoms with Crippen molar-refractivity contribution in [3.8, 4) is 28.6 Å². The highest BCUT2D eigenvalue weighted by molar-refractivity contribution is 7.17. The standard InChI is InChI=1S/C25H23N3O3S/c1-15-5-10-19(11-6-15)23-27-24(31-28-23)22-16(2)17(3)32-25(22)26-21(29)14-9-18-7-12-20(30-4)13-8-18/h5-14H,1-4H3,(H,26,29). The second-order valence-electron chi connectivity index (χ2n) is 7.37. The number of thiophene rings is 1. The molecule has 1 amide bonds. The zero-order valence-electron chi connectivity index (χ0n) is 18.3. The number of aryl methyl sites for hydroxylation is 2. The van der Waals surface area contributed by atoms with Gasteiger partial charge in [0.2, 0.25) is 11.7 Å². The van der Waals surface area contributed by atoms with E-state index in [2.05, 4.69) is 15.5 Å². The van der Waals surface area contributed by atoms with Crippen molar-refractivity contribution in [2.45, 2.75) is 20.8 Å². The molecule has 0 radical (unpaired) electrons. The maximum absolute atomic E-state index is 12.6. The Hall–Kier alpha value is -3.71. The number of carbonyl (C=O) groups excluding carboxylic acids is 1. The Kier molecular flexibility index (Phi) is 6.18. The molecule has 2 aromatic carbocycles. The quantitative estimate of drug-likeness (QED) is 0.366. The van der Waals surface area contributed by atoms with Crippen LogP contribution in [0.1, 0.15) is 21.6 Å². The predicted octanol–water partition coefficient (Wildman–Crippen LogP) is 6.05. The molecule has 4 aromatic rings. The monoisotopic (exact) mass is 445 g/mol. The summed E-state index contributed by atoms with van der Waals surface area (Å²) in [5.74, 6) is 1.43. The Morgan fingerprint density at radius 3 is 2.47 bits per heavy atom. The Balaban J connectivity index is 1.56. The lowest BCUT2D eigenvalue weighted by atomic mass is 10.1. The normalized spacial score (nSPS) is 11.1. The zero-order chi connectivity index (χ0) is 22.7. The molecule has 2 heterocycles. The second-order valence-corrected chi connectivity index (χ2v) is 8.60. The highest BCUT2D eigenvalue weighted by atomic mass is 32.1. The minimum absolute atomic E-state index is 0.235. The van der Waals surface area contributed by atoms with E-state index in [9.17, 15) is 4.79 Å². The smallest absolute Gasteiger partial charge is 0.261 e. The average Bonchev–Trinajstić information content (AvgIpc) is 3.37. The first-order valence-electron chi connectivity index (χ1n) is 10.1. The average molecular weight is 446 g/mol. The molecule has 0 saturated carbocycles. The number of rotatable bonds is 6. The Morgan fingerprint density at radius 2 is 1.78 bits per heavy atom. The number of amides is 1. The minimum atomic E-state index is -0.235. The third-order valence-electron chi connectivity index (χ3n) is 5.11. The summed E-state index contributed by atoms with van der Waals surface area (Å²) in [6, 6.07) is 15.4. The van der Waals surface area contributed by atoms with Gasteiger partial charge in [-0.15, -0.1) is 11.3 Å². The van der Waals surface area contributed by atoms with Crippen LogP contribution in [-0.2, 0) is 4.79 Å². The summed E-state index contributed by atoms with van der Waals surface area (Å²) in [5.41, 5.74) is 4.70. The summed E-state index contributed by atoms with van der Waals surface area (Å²) >= 11 is 1.49. The van der Waals surface area contributed by atoms with Crippen LogP contribution in [0.25, 0.3) is 28.9 Å². The highest BCUT2D eigenvalue weighted by Crippen LogP contribution is 2.40. The SMILES string of the molecule is COc1ccc(C=CC(=O)Nc2sc(C)c(C)c2-c2nc(-c3ccc(C)cc3)no2)cc1. The van der Waals surface area contributed by atoms with E-state index in [0.29, 0.717) is 16.7 Å². The first-order chi connectivity index (χ1) is 15.4. The van der Waals surface area contributed by atoms with Gasteiger partial charge >= 0.3 is 0 Å². The van der Waals surface area contributed by atoms with E-state index in [4.69, 9.17) is 9.26 Å². The molecule has 0 aliphatic rings. The number of hydrogen-bond donors (Lipinski definition) is 1. The molecule has 0 saturated heterocycles. The van der Waals surface area contributed by atoms with E-state index in [-0.39, 0.29) is 5.91 Å². The predicted molar refractivity (Wildman–Crippen MR) is 128 cm³/mol. The highest BCUT2D eigenvalue weighted by Gasteiger charge is 2.21. The van der Waals surface area contributed by atoms with Crippen molar-refractivity contribution < 1.29 is 14.1 Å². The number of anilines is 1. The van der Waals surface area contributed by atoms with Crippen molar-refractivity contribution in [3.63, 3.8) is 0 Å². The maximum atomic E-state index is 12.6. The van der Waals surface area contributed by atoms with E-state index in [1.807, 2.05) is 69.3 Å². The molecule has 0 bridgehead atoms. The molecule has 32 heavy (non-hydrogen) atoms. The van der Waals surface area contributed by atoms with Crippen molar-refractivity contribution in [1.82, 2.24) is 10.1 Å². The number of aromatic nitrogens is 2. The number of nitrogens with one attached hydrogen (secondary N) is 1. The summed E-state index contributed by atoms with van der Waals surface area (Å²) in [5, 5.41) is 7.78. The number of methoxy groups -OCH3 is 1. The van der Waals surface area contributed by atoms with E-state index in [1.54, 1.807) is 13.2 Å². The van der Waals surface area contributed by atoms with E-state index in [1.165, 1.54) is 17.4 Å². The second kappa shape index (κ2) is 9.20. The lowest BCUT2D eigenvalue weighted by Gasteiger charge is -2.02. The van der Waals surface area contributed by atoms with Gasteiger partial charge in [0.05, 0.1) is 12.7 Å². The molecular weight excluding hydrogens is 422 g/mol. The summed E-state index contributed by atoms with van der Waals surface area (Å²) in [4.78, 5) is 18.2. The molecule has 0 unspecified atom stereocenters. The molecule has 0 atom stereocenters. The van der Waals surface area contributed by atoms with Gasteiger partial charge in [0.15, 0.2) is 0 Å². The van der Waals surface area contributed by atoms with Crippen LogP contribution in [0.5, 0.6) is 5.75 Å². The van der Waals surface area contributed by atoms with Gasteiger partial charge in [-0.3, -0.25) is 4.79 Å². The lowest BCUT2D eigenvalue weighted by Crippen LogP contribution is -2.07. The fourth-order valence-corrected chi connectivity index (χ4v) is 4.21. The number of hydrogen-bond acceptors (Lipinski definition) is 6. The topological polar surface area (TPSA) is 77.2 Å². The van der Waals surface area contributed by atoms with E-state index >= 15 is 0 Å². The lowest BCUT2D eigenvalue weighted by molar-refractivity contribution is -0.111. The van der Waals surface area contributed by atoms with Gasteiger partial charge in [0.25, 0.3) is 5.89 Å². The largest absolute Gasteiger partial charge is 0.497 e. The van der Waals surface area contributed by atoms with Crippen LogP contribution in [-0.4, -0.2) is 23.2 Å². The molecule has 4 rings (SSSR count). The molecule has 0 aliphatic heterocycles. The maximum Gasteiger partial charge on any atom is 0.261 e. The van der Waals surface area contributed by atoms with Crippen molar-refractivity contribution in [1.29, 1.82) is 0 Å². The summed E-state index contributed by atoms with van der Waals surface area (Å²) in [6.45, 7) is 6.02. The fraction of sp³-hybridized carbons (Fsp3) is 0.160. The third-order valence-corrected chi connectivity index (χ3v) is 6.24. The van der Waals surface area contributed by atoms with Gasteiger partial charge in [0.1, 0.15) is 10.8 Å². The van der Waals surface area contributed by atoms with Crippen LogP contribution in [0.3, 0.4) is 0 Å². The Labute approximate surface area is 190 Å². The summed E-state index contributed by atoms with van der Waals surface area (Å²) in [7, 11) is 1.62. The number of benzene rings is 2. The zero-order valence-corrected chi connectivity index (χ0v) is 19.1. The molecule has 7 heteroatoms. The molecule has 2 aromatic heterocycles. The van der Waals surface area contributed by atoms with Gasteiger partial charge in [-0.05, 0) is 50.1 Å². The Morgan fingerprint density at radius 1 is 1.06 bits per heavy atom. The van der Waals surface area contributed by atoms with Crippen LogP contribution in [0.4, 0.5) is 5.00 Å². The van der Waals surface area contributed by atoms with Gasteiger partial charge in [0, 0.05) is 16.5 Å².